The van der Waals surface area contributed by atoms with Gasteiger partial charge < -0.3 is 0 Å². The summed E-state index contributed by atoms with van der Waals surface area (Å²) in [5, 5.41) is 0. The molecule has 0 aliphatic carbocycles. The summed E-state index contributed by atoms with van der Waals surface area (Å²) < 4.78 is 0.876. The highest BCUT2D eigenvalue weighted by molar-refractivity contribution is 9.10. The summed E-state index contributed by atoms with van der Waals surface area (Å²) in [6.45, 7) is 4.75. The summed E-state index contributed by atoms with van der Waals surface area (Å²) in [7, 11) is 0. The van der Waals surface area contributed by atoms with E-state index in [0.717, 1.165) is 29.7 Å². The highest BCUT2D eigenvalue weighted by Gasteiger charge is 2.11. The molecule has 0 aliphatic rings. The Kier molecular flexibility index (Phi) is 6.15. The smallest absolute Gasteiger partial charge is 0.165 e. The van der Waals surface area contributed by atoms with E-state index in [4.69, 9.17) is 0 Å². The van der Waals surface area contributed by atoms with Gasteiger partial charge in [0.1, 0.15) is 0 Å². The summed E-state index contributed by atoms with van der Waals surface area (Å²) in [5.41, 5.74) is 2.06. The fourth-order valence-corrected chi connectivity index (χ4v) is 2.78. The van der Waals surface area contributed by atoms with Crippen LogP contribution in [0.1, 0.15) is 29.3 Å². The fourth-order valence-electron chi connectivity index (χ4n) is 2.27. The molecule has 0 heterocycles. The lowest BCUT2D eigenvalue weighted by atomic mass is 10.1. The highest BCUT2D eigenvalue weighted by Crippen LogP contribution is 2.18. The second-order valence-corrected chi connectivity index (χ2v) is 5.86. The molecule has 0 atom stereocenters. The number of rotatable bonds is 7. The van der Waals surface area contributed by atoms with Crippen LogP contribution in [-0.2, 0) is 6.54 Å². The average Bonchev–Trinajstić information content (AvgIpc) is 2.52. The van der Waals surface area contributed by atoms with Crippen molar-refractivity contribution in [2.24, 2.45) is 0 Å². The van der Waals surface area contributed by atoms with Gasteiger partial charge in [-0.05, 0) is 18.2 Å². The maximum atomic E-state index is 12.3. The quantitative estimate of drug-likeness (QED) is 0.686. The van der Waals surface area contributed by atoms with Gasteiger partial charge in [0.05, 0.1) is 0 Å². The lowest BCUT2D eigenvalue weighted by molar-refractivity contribution is 0.0963. The molecule has 110 valence electrons. The molecule has 0 saturated heterocycles. The molecule has 21 heavy (non-hydrogen) atoms. The fraction of sp³-hybridized carbons (Fsp3) is 0.278. The van der Waals surface area contributed by atoms with Crippen molar-refractivity contribution in [1.29, 1.82) is 0 Å². The van der Waals surface area contributed by atoms with Crippen LogP contribution in [0.2, 0.25) is 0 Å². The Morgan fingerprint density at radius 2 is 1.71 bits per heavy atom. The van der Waals surface area contributed by atoms with Crippen molar-refractivity contribution in [1.82, 2.24) is 4.90 Å². The third-order valence-electron chi connectivity index (χ3n) is 3.53. The molecule has 0 fully saturated rings. The van der Waals surface area contributed by atoms with Gasteiger partial charge in [-0.2, -0.15) is 0 Å². The zero-order chi connectivity index (χ0) is 15.1. The van der Waals surface area contributed by atoms with E-state index in [0.29, 0.717) is 6.42 Å². The lowest BCUT2D eigenvalue weighted by Gasteiger charge is -2.20. The lowest BCUT2D eigenvalue weighted by Crippen LogP contribution is -2.25. The Morgan fingerprint density at radius 3 is 2.38 bits per heavy atom. The molecule has 2 aromatic carbocycles. The molecule has 0 radical (unpaired) electrons. The van der Waals surface area contributed by atoms with Crippen LogP contribution in [0.25, 0.3) is 0 Å². The predicted octanol–water partition coefficient (Wildman–Crippen LogP) is 4.54. The normalized spacial score (nSPS) is 10.8. The first kappa shape index (κ1) is 15.9. The standard InChI is InChI=1S/C18H20BrNO/c1-2-20(14-15-8-4-3-5-9-15)13-12-18(21)16-10-6-7-11-17(16)19/h3-11H,2,12-14H2,1H3. The van der Waals surface area contributed by atoms with E-state index in [2.05, 4.69) is 52.0 Å². The van der Waals surface area contributed by atoms with E-state index in [-0.39, 0.29) is 5.78 Å². The molecule has 0 spiro atoms. The van der Waals surface area contributed by atoms with Gasteiger partial charge in [-0.3, -0.25) is 9.69 Å². The molecule has 0 amide bonds. The maximum Gasteiger partial charge on any atom is 0.165 e. The Hall–Kier alpha value is -1.45. The third-order valence-corrected chi connectivity index (χ3v) is 4.22. The molecule has 2 aromatic rings. The monoisotopic (exact) mass is 345 g/mol. The molecule has 0 aromatic heterocycles. The van der Waals surface area contributed by atoms with Crippen LogP contribution >= 0.6 is 15.9 Å². The number of hydrogen-bond donors (Lipinski definition) is 0. The topological polar surface area (TPSA) is 20.3 Å². The minimum absolute atomic E-state index is 0.189. The molecule has 0 bridgehead atoms. The first-order valence-electron chi connectivity index (χ1n) is 7.24. The van der Waals surface area contributed by atoms with E-state index < -0.39 is 0 Å². The van der Waals surface area contributed by atoms with E-state index in [9.17, 15) is 4.79 Å². The van der Waals surface area contributed by atoms with E-state index >= 15 is 0 Å². The molecule has 0 saturated carbocycles. The van der Waals surface area contributed by atoms with E-state index in [1.54, 1.807) is 0 Å². The molecule has 0 unspecified atom stereocenters. The second kappa shape index (κ2) is 8.11. The molecular weight excluding hydrogens is 326 g/mol. The summed E-state index contributed by atoms with van der Waals surface area (Å²) in [4.78, 5) is 14.6. The van der Waals surface area contributed by atoms with Crippen LogP contribution in [0.5, 0.6) is 0 Å². The number of benzene rings is 2. The highest BCUT2D eigenvalue weighted by atomic mass is 79.9. The van der Waals surface area contributed by atoms with Crippen molar-refractivity contribution in [3.63, 3.8) is 0 Å². The van der Waals surface area contributed by atoms with Gasteiger partial charge in [-0.15, -0.1) is 0 Å². The summed E-state index contributed by atoms with van der Waals surface area (Å²) in [6.07, 6.45) is 0.545. The number of halogens is 1. The average molecular weight is 346 g/mol. The van der Waals surface area contributed by atoms with Crippen LogP contribution < -0.4 is 0 Å². The van der Waals surface area contributed by atoms with E-state index in [1.807, 2.05) is 30.3 Å². The molecule has 2 nitrogen and oxygen atoms in total. The van der Waals surface area contributed by atoms with Gasteiger partial charge in [0.25, 0.3) is 0 Å². The van der Waals surface area contributed by atoms with Crippen LogP contribution in [0.15, 0.2) is 59.1 Å². The molecule has 2 rings (SSSR count). The number of ketones is 1. The Labute approximate surface area is 134 Å². The molecule has 0 aliphatic heterocycles. The number of Topliss-reactive ketones (excluding diaryl/α,β-unsaturated/α-hetero) is 1. The first-order valence-corrected chi connectivity index (χ1v) is 8.04. The summed E-state index contributed by atoms with van der Waals surface area (Å²) in [6, 6.07) is 18.0. The van der Waals surface area contributed by atoms with Crippen molar-refractivity contribution < 1.29 is 4.79 Å². The van der Waals surface area contributed by atoms with Crippen molar-refractivity contribution in [2.45, 2.75) is 19.9 Å². The SMILES string of the molecule is CCN(CCC(=O)c1ccccc1Br)Cc1ccccc1. The van der Waals surface area contributed by atoms with Gasteiger partial charge in [0.15, 0.2) is 5.78 Å². The zero-order valence-electron chi connectivity index (χ0n) is 12.3. The van der Waals surface area contributed by atoms with Gasteiger partial charge in [0, 0.05) is 29.5 Å². The summed E-state index contributed by atoms with van der Waals surface area (Å²) >= 11 is 3.44. The maximum absolute atomic E-state index is 12.3. The van der Waals surface area contributed by atoms with Crippen LogP contribution in [0.3, 0.4) is 0 Å². The number of hydrogen-bond acceptors (Lipinski definition) is 2. The Bertz CT molecular complexity index is 583. The zero-order valence-corrected chi connectivity index (χ0v) is 13.8. The largest absolute Gasteiger partial charge is 0.299 e. The number of carbonyl (C=O) groups excluding carboxylic acids is 1. The number of nitrogens with zero attached hydrogens (tertiary/aromatic N) is 1. The van der Waals surface area contributed by atoms with Crippen molar-refractivity contribution in [3.8, 4) is 0 Å². The minimum atomic E-state index is 0.189. The van der Waals surface area contributed by atoms with Gasteiger partial charge in [-0.25, -0.2) is 0 Å². The van der Waals surface area contributed by atoms with Crippen LogP contribution in [-0.4, -0.2) is 23.8 Å². The summed E-state index contributed by atoms with van der Waals surface area (Å²) in [5.74, 6) is 0.189. The van der Waals surface area contributed by atoms with Gasteiger partial charge in [0.2, 0.25) is 0 Å². The molecule has 3 heteroatoms. The molecule has 0 N–H and O–H groups in total. The van der Waals surface area contributed by atoms with Crippen molar-refractivity contribution in [2.75, 3.05) is 13.1 Å². The predicted molar refractivity (Wildman–Crippen MR) is 90.5 cm³/mol. The van der Waals surface area contributed by atoms with Gasteiger partial charge >= 0.3 is 0 Å². The first-order chi connectivity index (χ1) is 10.2. The third kappa shape index (κ3) is 4.80. The Balaban J connectivity index is 1.91. The van der Waals surface area contributed by atoms with E-state index in [1.165, 1.54) is 5.56 Å². The minimum Gasteiger partial charge on any atom is -0.299 e. The van der Waals surface area contributed by atoms with Gasteiger partial charge in [-0.1, -0.05) is 71.4 Å². The second-order valence-electron chi connectivity index (χ2n) is 5.01. The van der Waals surface area contributed by atoms with Crippen LogP contribution in [0.4, 0.5) is 0 Å². The van der Waals surface area contributed by atoms with Crippen molar-refractivity contribution in [3.05, 3.63) is 70.2 Å². The molecular formula is C18H20BrNO. The number of carbonyl (C=O) groups is 1. The Morgan fingerprint density at radius 1 is 1.05 bits per heavy atom. The van der Waals surface area contributed by atoms with Crippen molar-refractivity contribution >= 4 is 21.7 Å². The van der Waals surface area contributed by atoms with Crippen LogP contribution in [0, 0.1) is 0 Å².